The molecule has 1 aromatic heterocycles. The minimum Gasteiger partial charge on any atom is -0.495 e. The number of rotatable bonds is 9. The standard InChI is InChI=1S/C26H30Cl2N4O4/c1-31-9-11-32(12-10-31)20-7-5-17(13-21(20)33-2)30-24-8-6-18(15-29-24)36-16-19-25(27)22(34-3)14-23(35-4)26(19)28/h5-8,13-15H,9-12,16H2,1-4H3,(H,29,30). The van der Waals surface area contributed by atoms with Crippen molar-refractivity contribution in [3.05, 3.63) is 58.2 Å². The summed E-state index contributed by atoms with van der Waals surface area (Å²) in [6.07, 6.45) is 1.64. The molecule has 0 bridgehead atoms. The molecule has 192 valence electrons. The molecule has 10 heteroatoms. The fourth-order valence-corrected chi connectivity index (χ4v) is 4.58. The Morgan fingerprint density at radius 3 is 2.11 bits per heavy atom. The molecule has 2 aromatic carbocycles. The smallest absolute Gasteiger partial charge is 0.144 e. The molecule has 0 saturated carbocycles. The van der Waals surface area contributed by atoms with Crippen molar-refractivity contribution in [1.29, 1.82) is 0 Å². The van der Waals surface area contributed by atoms with Crippen LogP contribution in [0.1, 0.15) is 5.56 Å². The monoisotopic (exact) mass is 532 g/mol. The van der Waals surface area contributed by atoms with Gasteiger partial charge in [-0.05, 0) is 31.3 Å². The second kappa shape index (κ2) is 11.8. The van der Waals surface area contributed by atoms with Crippen molar-refractivity contribution in [3.63, 3.8) is 0 Å². The van der Waals surface area contributed by atoms with Gasteiger partial charge in [-0.1, -0.05) is 23.2 Å². The van der Waals surface area contributed by atoms with Gasteiger partial charge in [-0.15, -0.1) is 0 Å². The summed E-state index contributed by atoms with van der Waals surface area (Å²) in [5.74, 6) is 2.99. The number of methoxy groups -OCH3 is 3. The molecular formula is C26H30Cl2N4O4. The van der Waals surface area contributed by atoms with Crippen molar-refractivity contribution in [3.8, 4) is 23.0 Å². The third-order valence-electron chi connectivity index (χ3n) is 6.08. The van der Waals surface area contributed by atoms with E-state index in [0.29, 0.717) is 38.7 Å². The summed E-state index contributed by atoms with van der Waals surface area (Å²) in [7, 11) is 6.90. The number of likely N-dealkylation sites (N-methyl/N-ethyl adjacent to an activating group) is 1. The van der Waals surface area contributed by atoms with E-state index in [1.165, 1.54) is 14.2 Å². The van der Waals surface area contributed by atoms with Crippen molar-refractivity contribution in [1.82, 2.24) is 9.88 Å². The number of piperazine rings is 1. The fourth-order valence-electron chi connectivity index (χ4n) is 3.97. The van der Waals surface area contributed by atoms with Crippen LogP contribution in [0.3, 0.4) is 0 Å². The Labute approximate surface area is 221 Å². The van der Waals surface area contributed by atoms with Gasteiger partial charge in [-0.25, -0.2) is 4.98 Å². The molecule has 3 aromatic rings. The van der Waals surface area contributed by atoms with Crippen LogP contribution >= 0.6 is 23.2 Å². The quantitative estimate of drug-likeness (QED) is 0.388. The minimum absolute atomic E-state index is 0.130. The number of pyridine rings is 1. The van der Waals surface area contributed by atoms with E-state index in [9.17, 15) is 0 Å². The first-order chi connectivity index (χ1) is 17.4. The van der Waals surface area contributed by atoms with Crippen LogP contribution in [0.25, 0.3) is 0 Å². The van der Waals surface area contributed by atoms with Gasteiger partial charge >= 0.3 is 0 Å². The Bertz CT molecular complexity index is 1160. The van der Waals surface area contributed by atoms with Gasteiger partial charge in [0.2, 0.25) is 0 Å². The number of halogens is 2. The van der Waals surface area contributed by atoms with E-state index in [1.54, 1.807) is 19.4 Å². The van der Waals surface area contributed by atoms with Gasteiger partial charge in [-0.3, -0.25) is 0 Å². The largest absolute Gasteiger partial charge is 0.495 e. The lowest BCUT2D eigenvalue weighted by Crippen LogP contribution is -2.44. The number of ether oxygens (including phenoxy) is 4. The molecule has 36 heavy (non-hydrogen) atoms. The molecule has 4 rings (SSSR count). The predicted molar refractivity (Wildman–Crippen MR) is 144 cm³/mol. The van der Waals surface area contributed by atoms with Gasteiger partial charge in [0, 0.05) is 49.6 Å². The van der Waals surface area contributed by atoms with E-state index in [2.05, 4.69) is 33.2 Å². The molecule has 0 unspecified atom stereocenters. The van der Waals surface area contributed by atoms with Crippen molar-refractivity contribution in [2.45, 2.75) is 6.61 Å². The lowest BCUT2D eigenvalue weighted by Gasteiger charge is -2.34. The molecule has 1 saturated heterocycles. The van der Waals surface area contributed by atoms with Crippen molar-refractivity contribution >= 4 is 40.4 Å². The van der Waals surface area contributed by atoms with Crippen molar-refractivity contribution in [2.75, 3.05) is 64.8 Å². The Morgan fingerprint density at radius 1 is 0.861 bits per heavy atom. The molecule has 0 spiro atoms. The highest BCUT2D eigenvalue weighted by atomic mass is 35.5. The summed E-state index contributed by atoms with van der Waals surface area (Å²) in [4.78, 5) is 9.15. The Kier molecular flexibility index (Phi) is 8.51. The van der Waals surface area contributed by atoms with Crippen LogP contribution in [-0.4, -0.2) is 64.4 Å². The van der Waals surface area contributed by atoms with Gasteiger partial charge in [0.05, 0.1) is 43.3 Å². The maximum absolute atomic E-state index is 6.43. The highest BCUT2D eigenvalue weighted by Crippen LogP contribution is 2.41. The van der Waals surface area contributed by atoms with E-state index in [0.717, 1.165) is 43.3 Å². The van der Waals surface area contributed by atoms with Crippen LogP contribution in [-0.2, 0) is 6.61 Å². The minimum atomic E-state index is 0.130. The summed E-state index contributed by atoms with van der Waals surface area (Å²) in [5.41, 5.74) is 2.55. The summed E-state index contributed by atoms with van der Waals surface area (Å²) in [5, 5.41) is 4.07. The summed E-state index contributed by atoms with van der Waals surface area (Å²) < 4.78 is 22.2. The average molecular weight is 533 g/mol. The molecule has 0 radical (unpaired) electrons. The zero-order valence-corrected chi connectivity index (χ0v) is 22.3. The zero-order valence-electron chi connectivity index (χ0n) is 20.8. The summed E-state index contributed by atoms with van der Waals surface area (Å²) in [6.45, 7) is 4.14. The number of nitrogens with zero attached hydrogens (tertiary/aromatic N) is 3. The number of hydrogen-bond acceptors (Lipinski definition) is 8. The maximum Gasteiger partial charge on any atom is 0.144 e. The molecule has 1 aliphatic rings. The highest BCUT2D eigenvalue weighted by Gasteiger charge is 2.19. The molecule has 2 heterocycles. The summed E-state index contributed by atoms with van der Waals surface area (Å²) >= 11 is 12.9. The Hall–Kier alpha value is -3.07. The third-order valence-corrected chi connectivity index (χ3v) is 6.91. The molecule has 1 N–H and O–H groups in total. The van der Waals surface area contributed by atoms with Crippen molar-refractivity contribution < 1.29 is 18.9 Å². The van der Waals surface area contributed by atoms with E-state index < -0.39 is 0 Å². The SMILES string of the molecule is COc1cc(Nc2ccc(OCc3c(Cl)c(OC)cc(OC)c3Cl)cn2)ccc1N1CCN(C)CC1. The van der Waals surface area contributed by atoms with Gasteiger partial charge in [-0.2, -0.15) is 0 Å². The lowest BCUT2D eigenvalue weighted by molar-refractivity contribution is 0.303. The zero-order chi connectivity index (χ0) is 25.7. The van der Waals surface area contributed by atoms with Gasteiger partial charge in [0.1, 0.15) is 35.4 Å². The number of benzene rings is 2. The first kappa shape index (κ1) is 26.0. The normalized spacial score (nSPS) is 13.9. The maximum atomic E-state index is 6.43. The molecule has 0 atom stereocenters. The number of aromatic nitrogens is 1. The number of nitrogens with one attached hydrogen (secondary N) is 1. The average Bonchev–Trinajstić information content (AvgIpc) is 2.90. The molecule has 1 aliphatic heterocycles. The molecule has 0 aliphatic carbocycles. The first-order valence-electron chi connectivity index (χ1n) is 11.5. The lowest BCUT2D eigenvalue weighted by atomic mass is 10.2. The molecule has 1 fully saturated rings. The fraction of sp³-hybridized carbons (Fsp3) is 0.346. The van der Waals surface area contributed by atoms with E-state index >= 15 is 0 Å². The van der Waals surface area contributed by atoms with E-state index in [1.807, 2.05) is 24.3 Å². The summed E-state index contributed by atoms with van der Waals surface area (Å²) in [6, 6.07) is 11.4. The second-order valence-electron chi connectivity index (χ2n) is 8.36. The van der Waals surface area contributed by atoms with Gasteiger partial charge in [0.15, 0.2) is 0 Å². The van der Waals surface area contributed by atoms with Crippen LogP contribution in [0.5, 0.6) is 23.0 Å². The van der Waals surface area contributed by atoms with Crippen LogP contribution in [0.4, 0.5) is 17.2 Å². The van der Waals surface area contributed by atoms with Crippen molar-refractivity contribution in [2.24, 2.45) is 0 Å². The second-order valence-corrected chi connectivity index (χ2v) is 9.11. The molecular weight excluding hydrogens is 503 g/mol. The van der Waals surface area contributed by atoms with Crippen LogP contribution in [0, 0.1) is 0 Å². The molecule has 0 amide bonds. The third kappa shape index (κ3) is 5.83. The van der Waals surface area contributed by atoms with E-state index in [4.69, 9.17) is 42.1 Å². The highest BCUT2D eigenvalue weighted by molar-refractivity contribution is 6.37. The Balaban J connectivity index is 1.42. The topological polar surface area (TPSA) is 68.3 Å². The molecule has 8 nitrogen and oxygen atoms in total. The van der Waals surface area contributed by atoms with Crippen LogP contribution < -0.4 is 29.2 Å². The van der Waals surface area contributed by atoms with E-state index in [-0.39, 0.29) is 6.61 Å². The van der Waals surface area contributed by atoms with Crippen LogP contribution in [0.15, 0.2) is 42.6 Å². The number of hydrogen-bond donors (Lipinski definition) is 1. The Morgan fingerprint density at radius 2 is 1.53 bits per heavy atom. The first-order valence-corrected chi connectivity index (χ1v) is 12.2. The number of anilines is 3. The van der Waals surface area contributed by atoms with Gasteiger partial charge < -0.3 is 34.1 Å². The van der Waals surface area contributed by atoms with Gasteiger partial charge in [0.25, 0.3) is 0 Å². The predicted octanol–water partition coefficient (Wildman–Crippen LogP) is 5.49. The van der Waals surface area contributed by atoms with Crippen LogP contribution in [0.2, 0.25) is 10.0 Å².